The third kappa shape index (κ3) is 5.63. The quantitative estimate of drug-likeness (QED) is 0.386. The zero-order chi connectivity index (χ0) is 23.2. The lowest BCUT2D eigenvalue weighted by atomic mass is 10.0. The van der Waals surface area contributed by atoms with Crippen LogP contribution in [0.1, 0.15) is 29.0 Å². The summed E-state index contributed by atoms with van der Waals surface area (Å²) in [5.41, 5.74) is 4.72. The number of ether oxygens (including phenoxy) is 1. The molecule has 0 spiro atoms. The first kappa shape index (κ1) is 22.2. The van der Waals surface area contributed by atoms with E-state index in [1.807, 2.05) is 56.3 Å². The second-order valence-corrected chi connectivity index (χ2v) is 7.75. The highest BCUT2D eigenvalue weighted by Gasteiger charge is 2.12. The normalized spacial score (nSPS) is 10.8. The highest BCUT2D eigenvalue weighted by Crippen LogP contribution is 2.25. The third-order valence-corrected chi connectivity index (χ3v) is 5.38. The lowest BCUT2D eigenvalue weighted by Gasteiger charge is -2.09. The van der Waals surface area contributed by atoms with Gasteiger partial charge in [-0.3, -0.25) is 4.79 Å². The van der Waals surface area contributed by atoms with Gasteiger partial charge in [0.2, 0.25) is 5.89 Å². The Balaban J connectivity index is 1.36. The van der Waals surface area contributed by atoms with Gasteiger partial charge in [-0.15, -0.1) is 0 Å². The zero-order valence-electron chi connectivity index (χ0n) is 18.6. The Morgan fingerprint density at radius 3 is 2.42 bits per heavy atom. The van der Waals surface area contributed by atoms with Crippen LogP contribution >= 0.6 is 0 Å². The number of oxazole rings is 1. The summed E-state index contributed by atoms with van der Waals surface area (Å²) < 4.78 is 11.8. The molecule has 0 aliphatic carbocycles. The predicted molar refractivity (Wildman–Crippen MR) is 124 cm³/mol. The van der Waals surface area contributed by atoms with Crippen molar-refractivity contribution in [2.24, 2.45) is 0 Å². The lowest BCUT2D eigenvalue weighted by Crippen LogP contribution is -2.04. The maximum atomic E-state index is 10.8. The molecule has 7 nitrogen and oxygen atoms in total. The van der Waals surface area contributed by atoms with Gasteiger partial charge >= 0.3 is 5.97 Å². The van der Waals surface area contributed by atoms with Crippen LogP contribution < -0.4 is 4.74 Å². The molecule has 4 aromatic rings. The molecule has 0 saturated heterocycles. The number of aryl methyl sites for hydroxylation is 3. The van der Waals surface area contributed by atoms with Crippen LogP contribution in [0.15, 0.2) is 65.3 Å². The Kier molecular flexibility index (Phi) is 6.78. The number of hydrogen-bond donors (Lipinski definition) is 1. The summed E-state index contributed by atoms with van der Waals surface area (Å²) in [6.07, 6.45) is 4.69. The molecular formula is C26H25N3O4. The van der Waals surface area contributed by atoms with Gasteiger partial charge in [-0.1, -0.05) is 18.2 Å². The highest BCUT2D eigenvalue weighted by atomic mass is 16.5. The SMILES string of the molecule is Cc1cc(OCCc2nc(-c3ccc(-c4ncccn4)cc3)oc2C)ccc1CCC(=O)O. The van der Waals surface area contributed by atoms with Crippen molar-refractivity contribution in [3.05, 3.63) is 83.5 Å². The smallest absolute Gasteiger partial charge is 0.303 e. The fourth-order valence-electron chi connectivity index (χ4n) is 3.54. The summed E-state index contributed by atoms with van der Waals surface area (Å²) in [6, 6.07) is 15.3. The fourth-order valence-corrected chi connectivity index (χ4v) is 3.54. The predicted octanol–water partition coefficient (Wildman–Crippen LogP) is 5.05. The molecule has 0 radical (unpaired) electrons. The second kappa shape index (κ2) is 10.1. The van der Waals surface area contributed by atoms with E-state index in [0.717, 1.165) is 39.5 Å². The molecule has 0 aliphatic heterocycles. The van der Waals surface area contributed by atoms with Crippen molar-refractivity contribution in [3.8, 4) is 28.6 Å². The summed E-state index contributed by atoms with van der Waals surface area (Å²) in [5, 5.41) is 8.86. The minimum atomic E-state index is -0.793. The van der Waals surface area contributed by atoms with E-state index in [2.05, 4.69) is 15.0 Å². The van der Waals surface area contributed by atoms with E-state index < -0.39 is 5.97 Å². The van der Waals surface area contributed by atoms with Gasteiger partial charge in [0.25, 0.3) is 0 Å². The molecule has 1 N–H and O–H groups in total. The van der Waals surface area contributed by atoms with Gasteiger partial charge < -0.3 is 14.3 Å². The molecule has 0 unspecified atom stereocenters. The van der Waals surface area contributed by atoms with Gasteiger partial charge in [-0.25, -0.2) is 15.0 Å². The van der Waals surface area contributed by atoms with Crippen molar-refractivity contribution >= 4 is 5.97 Å². The van der Waals surface area contributed by atoms with Crippen LogP contribution in [-0.2, 0) is 17.6 Å². The van der Waals surface area contributed by atoms with Crippen molar-refractivity contribution in [2.45, 2.75) is 33.1 Å². The molecule has 2 aromatic heterocycles. The Morgan fingerprint density at radius 1 is 1.00 bits per heavy atom. The molecule has 0 bridgehead atoms. The maximum Gasteiger partial charge on any atom is 0.303 e. The molecule has 4 rings (SSSR count). The summed E-state index contributed by atoms with van der Waals surface area (Å²) in [7, 11) is 0. The second-order valence-electron chi connectivity index (χ2n) is 7.75. The largest absolute Gasteiger partial charge is 0.493 e. The molecular weight excluding hydrogens is 418 g/mol. The van der Waals surface area contributed by atoms with Gasteiger partial charge in [0.15, 0.2) is 5.82 Å². The number of aliphatic carboxylic acids is 1. The fraction of sp³-hybridized carbons (Fsp3) is 0.231. The summed E-state index contributed by atoms with van der Waals surface area (Å²) >= 11 is 0. The van der Waals surface area contributed by atoms with Crippen LogP contribution in [0, 0.1) is 13.8 Å². The first-order valence-corrected chi connectivity index (χ1v) is 10.8. The van der Waals surface area contributed by atoms with E-state index in [0.29, 0.717) is 31.2 Å². The first-order chi connectivity index (χ1) is 16.0. The number of rotatable bonds is 9. The van der Waals surface area contributed by atoms with Crippen LogP contribution in [0.3, 0.4) is 0 Å². The summed E-state index contributed by atoms with van der Waals surface area (Å²) in [4.78, 5) is 24.0. The van der Waals surface area contributed by atoms with Crippen molar-refractivity contribution in [3.63, 3.8) is 0 Å². The summed E-state index contributed by atoms with van der Waals surface area (Å²) in [6.45, 7) is 4.33. The molecule has 0 amide bonds. The average molecular weight is 444 g/mol. The van der Waals surface area contributed by atoms with Gasteiger partial charge in [0, 0.05) is 36.4 Å². The van der Waals surface area contributed by atoms with Crippen molar-refractivity contribution in [2.75, 3.05) is 6.61 Å². The van der Waals surface area contributed by atoms with Gasteiger partial charge in [0.05, 0.1) is 12.3 Å². The van der Waals surface area contributed by atoms with Crippen LogP contribution in [0.5, 0.6) is 5.75 Å². The number of nitrogens with zero attached hydrogens (tertiary/aromatic N) is 3. The molecule has 7 heteroatoms. The molecule has 33 heavy (non-hydrogen) atoms. The zero-order valence-corrected chi connectivity index (χ0v) is 18.6. The molecule has 2 heterocycles. The van der Waals surface area contributed by atoms with Crippen LogP contribution in [0.25, 0.3) is 22.8 Å². The molecule has 0 fully saturated rings. The number of carboxylic acids is 1. The standard InChI is InChI=1S/C26H25N3O4/c1-17-16-22(10-8-19(17)9-11-24(30)31)32-15-12-23-18(2)33-26(29-23)21-6-4-20(5-7-21)25-27-13-3-14-28-25/h3-8,10,13-14,16H,9,11-12,15H2,1-2H3,(H,30,31). The topological polar surface area (TPSA) is 98.3 Å². The minimum absolute atomic E-state index is 0.123. The summed E-state index contributed by atoms with van der Waals surface area (Å²) in [5.74, 6) is 1.98. The number of carboxylic acid groups (broad SMARTS) is 1. The molecule has 2 aromatic carbocycles. The van der Waals surface area contributed by atoms with Gasteiger partial charge in [0.1, 0.15) is 11.5 Å². The van der Waals surface area contributed by atoms with Gasteiger partial charge in [-0.2, -0.15) is 0 Å². The van der Waals surface area contributed by atoms with Crippen molar-refractivity contribution in [1.29, 1.82) is 0 Å². The maximum absolute atomic E-state index is 10.8. The Hall–Kier alpha value is -4.00. The highest BCUT2D eigenvalue weighted by molar-refractivity contribution is 5.67. The number of carbonyl (C=O) groups is 1. The Labute approximate surface area is 192 Å². The molecule has 0 saturated carbocycles. The number of aromatic nitrogens is 3. The average Bonchev–Trinajstić information content (AvgIpc) is 3.19. The Bertz CT molecular complexity index is 1230. The molecule has 168 valence electrons. The van der Waals surface area contributed by atoms with E-state index in [1.54, 1.807) is 18.5 Å². The van der Waals surface area contributed by atoms with Gasteiger partial charge in [-0.05, 0) is 61.7 Å². The number of benzene rings is 2. The van der Waals surface area contributed by atoms with Crippen LogP contribution in [0.4, 0.5) is 0 Å². The van der Waals surface area contributed by atoms with E-state index in [4.69, 9.17) is 14.3 Å². The molecule has 0 atom stereocenters. The monoisotopic (exact) mass is 443 g/mol. The van der Waals surface area contributed by atoms with Crippen LogP contribution in [0.2, 0.25) is 0 Å². The minimum Gasteiger partial charge on any atom is -0.493 e. The van der Waals surface area contributed by atoms with E-state index in [1.165, 1.54) is 0 Å². The third-order valence-electron chi connectivity index (χ3n) is 5.38. The Morgan fingerprint density at radius 2 is 1.73 bits per heavy atom. The lowest BCUT2D eigenvalue weighted by molar-refractivity contribution is -0.136. The number of hydrogen-bond acceptors (Lipinski definition) is 6. The van der Waals surface area contributed by atoms with E-state index >= 15 is 0 Å². The van der Waals surface area contributed by atoms with Crippen molar-refractivity contribution < 1.29 is 19.1 Å². The first-order valence-electron chi connectivity index (χ1n) is 10.8. The van der Waals surface area contributed by atoms with Crippen LogP contribution in [-0.4, -0.2) is 32.6 Å². The van der Waals surface area contributed by atoms with Crippen molar-refractivity contribution in [1.82, 2.24) is 15.0 Å². The van der Waals surface area contributed by atoms with E-state index in [9.17, 15) is 4.79 Å². The molecule has 0 aliphatic rings. The van der Waals surface area contributed by atoms with E-state index in [-0.39, 0.29) is 6.42 Å².